The van der Waals surface area contributed by atoms with Gasteiger partial charge in [-0.05, 0) is 18.2 Å². The van der Waals surface area contributed by atoms with Crippen LogP contribution in [0.15, 0.2) is 39.5 Å². The van der Waals surface area contributed by atoms with Crippen molar-refractivity contribution in [1.82, 2.24) is 14.8 Å². The Balaban J connectivity index is 2.18. The fourth-order valence-corrected chi connectivity index (χ4v) is 1.90. The summed E-state index contributed by atoms with van der Waals surface area (Å²) >= 11 is 3.40. The van der Waals surface area contributed by atoms with Crippen LogP contribution in [0.5, 0.6) is 0 Å². The molecule has 0 fully saturated rings. The maximum Gasteiger partial charge on any atom is 0.230 e. The number of halogens is 1. The molecule has 0 unspecified atom stereocenters. The van der Waals surface area contributed by atoms with Gasteiger partial charge < -0.3 is 4.42 Å². The lowest BCUT2D eigenvalue weighted by atomic mass is 10.3. The van der Waals surface area contributed by atoms with Gasteiger partial charge in [-0.2, -0.15) is 5.10 Å². The summed E-state index contributed by atoms with van der Waals surface area (Å²) in [6.07, 6.45) is 3.61. The molecule has 16 heavy (non-hydrogen) atoms. The molecule has 3 aromatic rings. The van der Waals surface area contributed by atoms with Gasteiger partial charge >= 0.3 is 0 Å². The quantitative estimate of drug-likeness (QED) is 0.687. The topological polar surface area (TPSA) is 43.9 Å². The molecule has 80 valence electrons. The molecule has 0 bridgehead atoms. The molecule has 0 N–H and O–H groups in total. The van der Waals surface area contributed by atoms with Crippen molar-refractivity contribution in [3.63, 3.8) is 0 Å². The summed E-state index contributed by atoms with van der Waals surface area (Å²) in [5, 5.41) is 4.09. The monoisotopic (exact) mass is 277 g/mol. The van der Waals surface area contributed by atoms with Gasteiger partial charge in [-0.15, -0.1) is 0 Å². The average Bonchev–Trinajstić information content (AvgIpc) is 2.83. The predicted octanol–water partition coefficient (Wildman–Crippen LogP) is 2.99. The van der Waals surface area contributed by atoms with Crippen molar-refractivity contribution in [2.24, 2.45) is 7.05 Å². The van der Waals surface area contributed by atoms with Gasteiger partial charge in [0, 0.05) is 17.7 Å². The summed E-state index contributed by atoms with van der Waals surface area (Å²) in [6.45, 7) is 0. The van der Waals surface area contributed by atoms with Crippen molar-refractivity contribution in [1.29, 1.82) is 0 Å². The normalized spacial score (nSPS) is 11.1. The van der Waals surface area contributed by atoms with Crippen LogP contribution in [0.2, 0.25) is 0 Å². The van der Waals surface area contributed by atoms with E-state index < -0.39 is 0 Å². The van der Waals surface area contributed by atoms with Crippen LogP contribution in [0.3, 0.4) is 0 Å². The highest BCUT2D eigenvalue weighted by molar-refractivity contribution is 9.10. The summed E-state index contributed by atoms with van der Waals surface area (Å²) in [6, 6.07) is 5.76. The zero-order valence-electron chi connectivity index (χ0n) is 8.51. The summed E-state index contributed by atoms with van der Waals surface area (Å²) in [5.74, 6) is 0.598. The van der Waals surface area contributed by atoms with Gasteiger partial charge in [0.15, 0.2) is 5.58 Å². The van der Waals surface area contributed by atoms with E-state index in [1.807, 2.05) is 31.4 Å². The molecule has 0 aliphatic rings. The van der Waals surface area contributed by atoms with Crippen LogP contribution in [0.1, 0.15) is 0 Å². The predicted molar refractivity (Wildman–Crippen MR) is 63.9 cm³/mol. The van der Waals surface area contributed by atoms with Gasteiger partial charge in [0.05, 0.1) is 11.8 Å². The molecule has 4 nitrogen and oxygen atoms in total. The van der Waals surface area contributed by atoms with E-state index in [4.69, 9.17) is 4.42 Å². The lowest BCUT2D eigenvalue weighted by molar-refractivity contribution is 0.619. The molecule has 0 amide bonds. The van der Waals surface area contributed by atoms with Crippen LogP contribution in [-0.4, -0.2) is 14.8 Å². The first-order valence-electron chi connectivity index (χ1n) is 4.77. The molecule has 2 heterocycles. The second-order valence-electron chi connectivity index (χ2n) is 3.53. The Morgan fingerprint density at radius 1 is 1.38 bits per heavy atom. The highest BCUT2D eigenvalue weighted by Gasteiger charge is 2.09. The third-order valence-electron chi connectivity index (χ3n) is 2.30. The molecular formula is C11H8BrN3O. The minimum absolute atomic E-state index is 0.598. The lowest BCUT2D eigenvalue weighted by Crippen LogP contribution is -1.84. The summed E-state index contributed by atoms with van der Waals surface area (Å²) in [7, 11) is 1.86. The van der Waals surface area contributed by atoms with Crippen molar-refractivity contribution >= 4 is 27.0 Å². The standard InChI is InChI=1S/C11H8BrN3O/c1-15-6-7(5-13-15)11-14-9-4-8(12)2-3-10(9)16-11/h2-6H,1H3. The number of benzene rings is 1. The van der Waals surface area contributed by atoms with E-state index in [9.17, 15) is 0 Å². The second kappa shape index (κ2) is 3.45. The molecule has 3 rings (SSSR count). The molecule has 0 radical (unpaired) electrons. The van der Waals surface area contributed by atoms with E-state index in [-0.39, 0.29) is 0 Å². The van der Waals surface area contributed by atoms with Crippen molar-refractivity contribution in [3.05, 3.63) is 35.1 Å². The zero-order valence-corrected chi connectivity index (χ0v) is 10.1. The van der Waals surface area contributed by atoms with Crippen LogP contribution in [0, 0.1) is 0 Å². The smallest absolute Gasteiger partial charge is 0.230 e. The van der Waals surface area contributed by atoms with Crippen LogP contribution in [-0.2, 0) is 7.05 Å². The van der Waals surface area contributed by atoms with Crippen molar-refractivity contribution in [2.75, 3.05) is 0 Å². The van der Waals surface area contributed by atoms with Gasteiger partial charge in [0.1, 0.15) is 5.52 Å². The highest BCUT2D eigenvalue weighted by Crippen LogP contribution is 2.25. The zero-order chi connectivity index (χ0) is 11.1. The van der Waals surface area contributed by atoms with Gasteiger partial charge in [0.25, 0.3) is 0 Å². The number of hydrogen-bond acceptors (Lipinski definition) is 3. The van der Waals surface area contributed by atoms with Crippen LogP contribution in [0.25, 0.3) is 22.6 Å². The van der Waals surface area contributed by atoms with Crippen molar-refractivity contribution in [3.8, 4) is 11.5 Å². The molecule has 1 aromatic carbocycles. The van der Waals surface area contributed by atoms with Crippen molar-refractivity contribution in [2.45, 2.75) is 0 Å². The minimum Gasteiger partial charge on any atom is -0.436 e. The number of aryl methyl sites for hydroxylation is 1. The SMILES string of the molecule is Cn1cc(-c2nc3cc(Br)ccc3o2)cn1. The third kappa shape index (κ3) is 1.53. The Morgan fingerprint density at radius 3 is 3.00 bits per heavy atom. The third-order valence-corrected chi connectivity index (χ3v) is 2.79. The fraction of sp³-hybridized carbons (Fsp3) is 0.0909. The molecule has 0 saturated carbocycles. The molecule has 0 spiro atoms. The van der Waals surface area contributed by atoms with E-state index in [2.05, 4.69) is 26.0 Å². The van der Waals surface area contributed by atoms with E-state index in [1.54, 1.807) is 10.9 Å². The van der Waals surface area contributed by atoms with Gasteiger partial charge in [0.2, 0.25) is 5.89 Å². The molecule has 0 aliphatic heterocycles. The van der Waals surface area contributed by atoms with E-state index >= 15 is 0 Å². The van der Waals surface area contributed by atoms with Gasteiger partial charge in [-0.25, -0.2) is 4.98 Å². The maximum atomic E-state index is 5.64. The first-order valence-corrected chi connectivity index (χ1v) is 5.57. The number of aromatic nitrogens is 3. The average molecular weight is 278 g/mol. The summed E-state index contributed by atoms with van der Waals surface area (Å²) in [5.41, 5.74) is 2.50. The van der Waals surface area contributed by atoms with E-state index in [1.165, 1.54) is 0 Å². The first-order chi connectivity index (χ1) is 7.72. The van der Waals surface area contributed by atoms with Gasteiger partial charge in [-0.1, -0.05) is 15.9 Å². The molecule has 2 aromatic heterocycles. The van der Waals surface area contributed by atoms with Crippen LogP contribution < -0.4 is 0 Å². The van der Waals surface area contributed by atoms with Crippen LogP contribution >= 0.6 is 15.9 Å². The number of hydrogen-bond donors (Lipinski definition) is 0. The Labute approximate surface area is 100 Å². The van der Waals surface area contributed by atoms with Gasteiger partial charge in [-0.3, -0.25) is 4.68 Å². The molecular weight excluding hydrogens is 270 g/mol. The molecule has 5 heteroatoms. The van der Waals surface area contributed by atoms with Crippen LogP contribution in [0.4, 0.5) is 0 Å². The van der Waals surface area contributed by atoms with Crippen molar-refractivity contribution < 1.29 is 4.42 Å². The Kier molecular flexibility index (Phi) is 2.07. The fourth-order valence-electron chi connectivity index (χ4n) is 1.56. The second-order valence-corrected chi connectivity index (χ2v) is 4.45. The Morgan fingerprint density at radius 2 is 2.25 bits per heavy atom. The molecule has 0 aliphatic carbocycles. The van der Waals surface area contributed by atoms with E-state index in [0.717, 1.165) is 21.1 Å². The first kappa shape index (κ1) is 9.59. The molecule has 0 atom stereocenters. The summed E-state index contributed by atoms with van der Waals surface area (Å²) in [4.78, 5) is 4.41. The lowest BCUT2D eigenvalue weighted by Gasteiger charge is -1.86. The largest absolute Gasteiger partial charge is 0.436 e. The number of nitrogens with zero attached hydrogens (tertiary/aromatic N) is 3. The number of fused-ring (bicyclic) bond motifs is 1. The summed E-state index contributed by atoms with van der Waals surface area (Å²) < 4.78 is 8.35. The maximum absolute atomic E-state index is 5.64. The highest BCUT2D eigenvalue weighted by atomic mass is 79.9. The Bertz CT molecular complexity index is 656. The molecule has 0 saturated heterocycles. The number of oxazole rings is 1. The number of rotatable bonds is 1. The Hall–Kier alpha value is -1.62. The minimum atomic E-state index is 0.598. The van der Waals surface area contributed by atoms with E-state index in [0.29, 0.717) is 5.89 Å².